The molecule has 2 rings (SSSR count). The van der Waals surface area contributed by atoms with E-state index in [4.69, 9.17) is 0 Å². The van der Waals surface area contributed by atoms with Crippen LogP contribution in [0, 0.1) is 17.5 Å². The van der Waals surface area contributed by atoms with E-state index in [2.05, 4.69) is 5.32 Å². The van der Waals surface area contributed by atoms with Crippen LogP contribution in [0.15, 0.2) is 29.6 Å². The molecule has 0 radical (unpaired) electrons. The van der Waals surface area contributed by atoms with Gasteiger partial charge < -0.3 is 5.32 Å². The van der Waals surface area contributed by atoms with Crippen LogP contribution in [-0.4, -0.2) is 5.91 Å². The maximum Gasteiger partial charge on any atom is 0.265 e. The van der Waals surface area contributed by atoms with Gasteiger partial charge in [0.25, 0.3) is 5.91 Å². The fourth-order valence-electron chi connectivity index (χ4n) is 1.21. The number of amides is 1. The SMILES string of the molecule is O=C(Nc1cc(F)c(F)cc1F)c1cccs1. The molecule has 2 aromatic rings. The zero-order valence-electron chi connectivity index (χ0n) is 8.34. The van der Waals surface area contributed by atoms with E-state index in [1.165, 1.54) is 6.07 Å². The van der Waals surface area contributed by atoms with Crippen molar-refractivity contribution < 1.29 is 18.0 Å². The van der Waals surface area contributed by atoms with Crippen LogP contribution >= 0.6 is 11.3 Å². The van der Waals surface area contributed by atoms with Crippen molar-refractivity contribution >= 4 is 22.9 Å². The number of carbonyl (C=O) groups excluding carboxylic acids is 1. The molecule has 0 aliphatic carbocycles. The van der Waals surface area contributed by atoms with Gasteiger partial charge in [0.2, 0.25) is 0 Å². The minimum absolute atomic E-state index is 0.356. The fraction of sp³-hybridized carbons (Fsp3) is 0. The van der Waals surface area contributed by atoms with Crippen molar-refractivity contribution in [2.45, 2.75) is 0 Å². The maximum absolute atomic E-state index is 13.2. The Morgan fingerprint density at radius 2 is 1.82 bits per heavy atom. The molecule has 0 bridgehead atoms. The Balaban J connectivity index is 2.25. The molecule has 0 fully saturated rings. The average Bonchev–Trinajstić information content (AvgIpc) is 2.79. The van der Waals surface area contributed by atoms with Crippen LogP contribution in [-0.2, 0) is 0 Å². The molecule has 1 aromatic heterocycles. The molecular formula is C11H6F3NOS. The lowest BCUT2D eigenvalue weighted by molar-refractivity contribution is 0.103. The van der Waals surface area contributed by atoms with E-state index in [-0.39, 0.29) is 5.69 Å². The van der Waals surface area contributed by atoms with Gasteiger partial charge in [-0.25, -0.2) is 13.2 Å². The van der Waals surface area contributed by atoms with Crippen molar-refractivity contribution in [3.63, 3.8) is 0 Å². The van der Waals surface area contributed by atoms with E-state index in [0.717, 1.165) is 11.3 Å². The minimum Gasteiger partial charge on any atom is -0.319 e. The molecule has 6 heteroatoms. The summed E-state index contributed by atoms with van der Waals surface area (Å²) in [7, 11) is 0. The third-order valence-electron chi connectivity index (χ3n) is 2.00. The number of benzene rings is 1. The Labute approximate surface area is 98.7 Å². The molecule has 88 valence electrons. The molecule has 1 heterocycles. The monoisotopic (exact) mass is 257 g/mol. The summed E-state index contributed by atoms with van der Waals surface area (Å²) in [6.07, 6.45) is 0. The molecule has 0 saturated carbocycles. The van der Waals surface area contributed by atoms with Gasteiger partial charge in [0.1, 0.15) is 5.82 Å². The topological polar surface area (TPSA) is 29.1 Å². The maximum atomic E-state index is 13.2. The van der Waals surface area contributed by atoms with Crippen LogP contribution in [0.1, 0.15) is 9.67 Å². The fourth-order valence-corrected chi connectivity index (χ4v) is 1.83. The summed E-state index contributed by atoms with van der Waals surface area (Å²) in [5, 5.41) is 3.85. The average molecular weight is 257 g/mol. The Kier molecular flexibility index (Phi) is 3.14. The molecule has 1 amide bonds. The third-order valence-corrected chi connectivity index (χ3v) is 2.87. The summed E-state index contributed by atoms with van der Waals surface area (Å²) in [6, 6.07) is 4.19. The number of hydrogen-bond acceptors (Lipinski definition) is 2. The first-order valence-corrected chi connectivity index (χ1v) is 5.45. The number of rotatable bonds is 2. The highest BCUT2D eigenvalue weighted by atomic mass is 32.1. The molecule has 0 aliphatic heterocycles. The number of halogens is 3. The Bertz CT molecular complexity index is 554. The van der Waals surface area contributed by atoms with Crippen molar-refractivity contribution in [3.8, 4) is 0 Å². The number of anilines is 1. The second kappa shape index (κ2) is 4.58. The first kappa shape index (κ1) is 11.7. The van der Waals surface area contributed by atoms with E-state index in [1.54, 1.807) is 11.4 Å². The summed E-state index contributed by atoms with van der Waals surface area (Å²) in [4.78, 5) is 11.9. The predicted octanol–water partition coefficient (Wildman–Crippen LogP) is 3.42. The van der Waals surface area contributed by atoms with Gasteiger partial charge in [0.05, 0.1) is 10.6 Å². The van der Waals surface area contributed by atoms with E-state index >= 15 is 0 Å². The van der Waals surface area contributed by atoms with E-state index < -0.39 is 23.4 Å². The lowest BCUT2D eigenvalue weighted by atomic mass is 10.2. The Morgan fingerprint density at radius 1 is 1.12 bits per heavy atom. The zero-order chi connectivity index (χ0) is 12.4. The van der Waals surface area contributed by atoms with Crippen LogP contribution < -0.4 is 5.32 Å². The summed E-state index contributed by atoms with van der Waals surface area (Å²) >= 11 is 1.16. The Hall–Kier alpha value is -1.82. The normalized spacial score (nSPS) is 10.3. The van der Waals surface area contributed by atoms with Crippen LogP contribution in [0.4, 0.5) is 18.9 Å². The molecule has 0 unspecified atom stereocenters. The summed E-state index contributed by atoms with van der Waals surface area (Å²) < 4.78 is 38.7. The number of hydrogen-bond donors (Lipinski definition) is 1. The van der Waals surface area contributed by atoms with Crippen molar-refractivity contribution in [3.05, 3.63) is 52.0 Å². The molecule has 0 saturated heterocycles. The van der Waals surface area contributed by atoms with Gasteiger partial charge in [-0.3, -0.25) is 4.79 Å². The standard InChI is InChI=1S/C11H6F3NOS/c12-6-4-8(14)9(5-7(6)13)15-11(16)10-2-1-3-17-10/h1-5H,(H,15,16). The smallest absolute Gasteiger partial charge is 0.265 e. The number of carbonyl (C=O) groups is 1. The molecule has 1 N–H and O–H groups in total. The van der Waals surface area contributed by atoms with Gasteiger partial charge in [-0.05, 0) is 11.4 Å². The molecule has 0 spiro atoms. The quantitative estimate of drug-likeness (QED) is 0.820. The second-order valence-electron chi connectivity index (χ2n) is 3.18. The molecule has 0 aliphatic rings. The van der Waals surface area contributed by atoms with Crippen molar-refractivity contribution in [2.75, 3.05) is 5.32 Å². The lowest BCUT2D eigenvalue weighted by Crippen LogP contribution is -2.12. The van der Waals surface area contributed by atoms with Crippen LogP contribution in [0.25, 0.3) is 0 Å². The van der Waals surface area contributed by atoms with E-state index in [0.29, 0.717) is 17.0 Å². The third kappa shape index (κ3) is 2.47. The van der Waals surface area contributed by atoms with Gasteiger partial charge >= 0.3 is 0 Å². The molecule has 17 heavy (non-hydrogen) atoms. The van der Waals surface area contributed by atoms with Gasteiger partial charge in [-0.1, -0.05) is 6.07 Å². The van der Waals surface area contributed by atoms with Crippen molar-refractivity contribution in [1.82, 2.24) is 0 Å². The van der Waals surface area contributed by atoms with Crippen LogP contribution in [0.2, 0.25) is 0 Å². The summed E-state index contributed by atoms with van der Waals surface area (Å²) in [5.74, 6) is -4.09. The van der Waals surface area contributed by atoms with Gasteiger partial charge in [0, 0.05) is 12.1 Å². The number of nitrogens with one attached hydrogen (secondary N) is 1. The van der Waals surface area contributed by atoms with E-state index in [9.17, 15) is 18.0 Å². The first-order valence-electron chi connectivity index (χ1n) is 4.57. The Morgan fingerprint density at radius 3 is 2.47 bits per heavy atom. The van der Waals surface area contributed by atoms with Crippen LogP contribution in [0.5, 0.6) is 0 Å². The molecule has 0 atom stereocenters. The van der Waals surface area contributed by atoms with Crippen molar-refractivity contribution in [1.29, 1.82) is 0 Å². The second-order valence-corrected chi connectivity index (χ2v) is 4.13. The van der Waals surface area contributed by atoms with Gasteiger partial charge in [0.15, 0.2) is 11.6 Å². The van der Waals surface area contributed by atoms with E-state index in [1.807, 2.05) is 0 Å². The largest absolute Gasteiger partial charge is 0.319 e. The van der Waals surface area contributed by atoms with Gasteiger partial charge in [-0.15, -0.1) is 11.3 Å². The first-order chi connectivity index (χ1) is 8.08. The lowest BCUT2D eigenvalue weighted by Gasteiger charge is -2.05. The molecular weight excluding hydrogens is 251 g/mol. The van der Waals surface area contributed by atoms with Gasteiger partial charge in [-0.2, -0.15) is 0 Å². The zero-order valence-corrected chi connectivity index (χ0v) is 9.15. The predicted molar refractivity (Wildman–Crippen MR) is 58.6 cm³/mol. The highest BCUT2D eigenvalue weighted by Crippen LogP contribution is 2.20. The summed E-state index contributed by atoms with van der Waals surface area (Å²) in [5.41, 5.74) is -0.387. The molecule has 2 nitrogen and oxygen atoms in total. The van der Waals surface area contributed by atoms with Crippen LogP contribution in [0.3, 0.4) is 0 Å². The highest BCUT2D eigenvalue weighted by Gasteiger charge is 2.13. The highest BCUT2D eigenvalue weighted by molar-refractivity contribution is 7.12. The minimum atomic E-state index is -1.29. The summed E-state index contributed by atoms with van der Waals surface area (Å²) in [6.45, 7) is 0. The molecule has 1 aromatic carbocycles. The van der Waals surface area contributed by atoms with Crippen molar-refractivity contribution in [2.24, 2.45) is 0 Å². The number of thiophene rings is 1.